The van der Waals surface area contributed by atoms with E-state index >= 15 is 0 Å². The summed E-state index contributed by atoms with van der Waals surface area (Å²) in [6, 6.07) is 12.8. The first kappa shape index (κ1) is 20.6. The summed E-state index contributed by atoms with van der Waals surface area (Å²) in [5.74, 6) is 0.647. The molecule has 0 saturated carbocycles. The molecule has 3 amide bonds. The van der Waals surface area contributed by atoms with Crippen molar-refractivity contribution in [3.8, 4) is 5.88 Å². The molecule has 1 saturated heterocycles. The summed E-state index contributed by atoms with van der Waals surface area (Å²) in [7, 11) is 1.55. The zero-order valence-corrected chi connectivity index (χ0v) is 16.8. The Hall–Kier alpha value is -3.09. The quantitative estimate of drug-likeness (QED) is 0.754. The molecule has 0 aliphatic carbocycles. The predicted octanol–water partition coefficient (Wildman–Crippen LogP) is 3.03. The number of likely N-dealkylation sites (tertiary alicyclic amines) is 1. The number of methoxy groups -OCH3 is 1. The van der Waals surface area contributed by atoms with Crippen LogP contribution < -0.4 is 15.4 Å². The molecule has 29 heavy (non-hydrogen) atoms. The molecule has 0 bridgehead atoms. The molecule has 3 rings (SSSR count). The maximum absolute atomic E-state index is 12.6. The van der Waals surface area contributed by atoms with E-state index < -0.39 is 0 Å². The zero-order valence-electron chi connectivity index (χ0n) is 16.8. The molecule has 1 fully saturated rings. The van der Waals surface area contributed by atoms with Crippen LogP contribution in [0.4, 0.5) is 4.79 Å². The number of hydrogen-bond donors (Lipinski definition) is 2. The lowest BCUT2D eigenvalue weighted by molar-refractivity contribution is -0.131. The number of ether oxygens (including phenoxy) is 1. The second-order valence-corrected chi connectivity index (χ2v) is 7.11. The van der Waals surface area contributed by atoms with Gasteiger partial charge in [-0.15, -0.1) is 0 Å². The summed E-state index contributed by atoms with van der Waals surface area (Å²) in [5.41, 5.74) is 1.77. The molecule has 1 unspecified atom stereocenters. The summed E-state index contributed by atoms with van der Waals surface area (Å²) >= 11 is 0. The van der Waals surface area contributed by atoms with Crippen molar-refractivity contribution in [2.45, 2.75) is 38.3 Å². The van der Waals surface area contributed by atoms with Gasteiger partial charge in [0.1, 0.15) is 0 Å². The maximum atomic E-state index is 12.6. The topological polar surface area (TPSA) is 83.6 Å². The van der Waals surface area contributed by atoms with E-state index in [2.05, 4.69) is 15.6 Å². The van der Waals surface area contributed by atoms with Gasteiger partial charge in [-0.1, -0.05) is 42.8 Å². The minimum Gasteiger partial charge on any atom is -0.481 e. The number of aromatic nitrogens is 1. The molecule has 7 heteroatoms. The molecule has 7 nitrogen and oxygen atoms in total. The lowest BCUT2D eigenvalue weighted by Crippen LogP contribution is -2.44. The van der Waals surface area contributed by atoms with Crippen LogP contribution in [0.1, 0.15) is 42.9 Å². The number of carbonyl (C=O) groups is 2. The Morgan fingerprint density at radius 3 is 2.79 bits per heavy atom. The van der Waals surface area contributed by atoms with E-state index in [1.165, 1.54) is 0 Å². The normalized spacial score (nSPS) is 15.3. The molecule has 1 atom stereocenters. The van der Waals surface area contributed by atoms with Crippen LogP contribution in [0.2, 0.25) is 0 Å². The second kappa shape index (κ2) is 10.5. The lowest BCUT2D eigenvalue weighted by atomic mass is 10.1. The average molecular weight is 396 g/mol. The van der Waals surface area contributed by atoms with Crippen molar-refractivity contribution >= 4 is 11.9 Å². The van der Waals surface area contributed by atoms with Crippen molar-refractivity contribution in [2.24, 2.45) is 0 Å². The van der Waals surface area contributed by atoms with E-state index in [0.29, 0.717) is 25.4 Å². The Bertz CT molecular complexity index is 813. The molecule has 0 radical (unpaired) electrons. The van der Waals surface area contributed by atoms with Crippen molar-refractivity contribution in [3.63, 3.8) is 0 Å². The molecule has 1 aliphatic rings. The lowest BCUT2D eigenvalue weighted by Gasteiger charge is -2.28. The van der Waals surface area contributed by atoms with Gasteiger partial charge in [0.05, 0.1) is 13.2 Å². The highest BCUT2D eigenvalue weighted by molar-refractivity contribution is 5.77. The van der Waals surface area contributed by atoms with Crippen LogP contribution in [0.5, 0.6) is 5.88 Å². The molecular formula is C22H28N4O3. The van der Waals surface area contributed by atoms with Crippen molar-refractivity contribution in [3.05, 3.63) is 59.8 Å². The van der Waals surface area contributed by atoms with E-state index in [1.54, 1.807) is 19.4 Å². The Morgan fingerprint density at radius 1 is 1.17 bits per heavy atom. The van der Waals surface area contributed by atoms with Gasteiger partial charge in [0.25, 0.3) is 0 Å². The zero-order chi connectivity index (χ0) is 20.5. The maximum Gasteiger partial charge on any atom is 0.315 e. The first-order chi connectivity index (χ1) is 14.2. The highest BCUT2D eigenvalue weighted by Crippen LogP contribution is 2.18. The molecule has 2 heterocycles. The Kier molecular flexibility index (Phi) is 7.44. The van der Waals surface area contributed by atoms with E-state index in [1.807, 2.05) is 41.3 Å². The molecule has 154 valence electrons. The summed E-state index contributed by atoms with van der Waals surface area (Å²) in [5, 5.41) is 5.89. The van der Waals surface area contributed by atoms with E-state index in [9.17, 15) is 9.59 Å². The third kappa shape index (κ3) is 5.94. The number of amides is 3. The Morgan fingerprint density at radius 2 is 2.00 bits per heavy atom. The van der Waals surface area contributed by atoms with Gasteiger partial charge >= 0.3 is 6.03 Å². The van der Waals surface area contributed by atoms with Gasteiger partial charge in [0.15, 0.2) is 0 Å². The van der Waals surface area contributed by atoms with Gasteiger partial charge in [-0.05, 0) is 24.5 Å². The molecule has 2 N–H and O–H groups in total. The van der Waals surface area contributed by atoms with Crippen LogP contribution >= 0.6 is 0 Å². The minimum atomic E-state index is -0.299. The molecule has 1 aliphatic heterocycles. The number of carbonyl (C=O) groups excluding carboxylic acids is 2. The predicted molar refractivity (Wildman–Crippen MR) is 110 cm³/mol. The number of pyridine rings is 1. The SMILES string of the molecule is COc1ncccc1CNC(=O)NC(CN1CCCCCC1=O)c1ccccc1. The van der Waals surface area contributed by atoms with Crippen LogP contribution in [-0.2, 0) is 11.3 Å². The Balaban J connectivity index is 1.66. The molecule has 2 aromatic rings. The Labute approximate surface area is 171 Å². The van der Waals surface area contributed by atoms with Gasteiger partial charge in [0.2, 0.25) is 11.8 Å². The van der Waals surface area contributed by atoms with Crippen molar-refractivity contribution in [2.75, 3.05) is 20.2 Å². The number of benzene rings is 1. The fraction of sp³-hybridized carbons (Fsp3) is 0.409. The van der Waals surface area contributed by atoms with Gasteiger partial charge in [-0.25, -0.2) is 9.78 Å². The van der Waals surface area contributed by atoms with E-state index in [4.69, 9.17) is 4.74 Å². The van der Waals surface area contributed by atoms with Gasteiger partial charge in [-0.3, -0.25) is 4.79 Å². The van der Waals surface area contributed by atoms with Crippen LogP contribution in [0.15, 0.2) is 48.7 Å². The average Bonchev–Trinajstić information content (AvgIpc) is 2.96. The first-order valence-electron chi connectivity index (χ1n) is 10.0. The van der Waals surface area contributed by atoms with E-state index in [-0.39, 0.29) is 18.0 Å². The molecular weight excluding hydrogens is 368 g/mol. The highest BCUT2D eigenvalue weighted by atomic mass is 16.5. The standard InChI is InChI=1S/C22H28N4O3/c1-29-21-18(11-8-13-23-21)15-24-22(28)25-19(17-9-4-2-5-10-17)16-26-14-7-3-6-12-20(26)27/h2,4-5,8-11,13,19H,3,6-7,12,14-16H2,1H3,(H2,24,25,28). The summed E-state index contributed by atoms with van der Waals surface area (Å²) in [6.45, 7) is 1.50. The smallest absolute Gasteiger partial charge is 0.315 e. The molecule has 0 spiro atoms. The largest absolute Gasteiger partial charge is 0.481 e. The number of hydrogen-bond acceptors (Lipinski definition) is 4. The van der Waals surface area contributed by atoms with Crippen molar-refractivity contribution in [1.29, 1.82) is 0 Å². The fourth-order valence-corrected chi connectivity index (χ4v) is 3.50. The first-order valence-corrected chi connectivity index (χ1v) is 10.0. The van der Waals surface area contributed by atoms with Gasteiger partial charge in [0, 0.05) is 37.8 Å². The van der Waals surface area contributed by atoms with Crippen molar-refractivity contribution < 1.29 is 14.3 Å². The number of nitrogens with zero attached hydrogens (tertiary/aromatic N) is 2. The summed E-state index contributed by atoms with van der Waals surface area (Å²) in [4.78, 5) is 31.0. The number of nitrogens with one attached hydrogen (secondary N) is 2. The third-order valence-corrected chi connectivity index (χ3v) is 5.06. The summed E-state index contributed by atoms with van der Waals surface area (Å²) in [6.07, 6.45) is 5.23. The number of rotatable bonds is 7. The fourth-order valence-electron chi connectivity index (χ4n) is 3.50. The van der Waals surface area contributed by atoms with Crippen LogP contribution in [0.3, 0.4) is 0 Å². The monoisotopic (exact) mass is 396 g/mol. The van der Waals surface area contributed by atoms with Crippen molar-refractivity contribution in [1.82, 2.24) is 20.5 Å². The van der Waals surface area contributed by atoms with Crippen LogP contribution in [0, 0.1) is 0 Å². The molecule has 1 aromatic carbocycles. The third-order valence-electron chi connectivity index (χ3n) is 5.06. The van der Waals surface area contributed by atoms with E-state index in [0.717, 1.165) is 36.9 Å². The minimum absolute atomic E-state index is 0.158. The summed E-state index contributed by atoms with van der Waals surface area (Å²) < 4.78 is 5.23. The van der Waals surface area contributed by atoms with Crippen LogP contribution in [-0.4, -0.2) is 42.0 Å². The number of urea groups is 1. The van der Waals surface area contributed by atoms with Crippen LogP contribution in [0.25, 0.3) is 0 Å². The van der Waals surface area contributed by atoms with Gasteiger partial charge < -0.3 is 20.3 Å². The van der Waals surface area contributed by atoms with Gasteiger partial charge in [-0.2, -0.15) is 0 Å². The molecule has 1 aromatic heterocycles. The highest BCUT2D eigenvalue weighted by Gasteiger charge is 2.23. The second-order valence-electron chi connectivity index (χ2n) is 7.11.